The van der Waals surface area contributed by atoms with Gasteiger partial charge in [0.25, 0.3) is 5.89 Å². The van der Waals surface area contributed by atoms with Crippen molar-refractivity contribution in [1.29, 1.82) is 0 Å². The van der Waals surface area contributed by atoms with Gasteiger partial charge in [0, 0.05) is 25.1 Å². The molecule has 0 unspecified atom stereocenters. The normalized spacial score (nSPS) is 17.4. The number of amides is 1. The number of thiophene rings is 1. The SMILES string of the molecule is Cc1noc(C)c1CCC(=O)N1CCC[C@@H](c2nnc(-c3cccs3)o2)C1. The molecule has 0 N–H and O–H groups in total. The molecule has 1 fully saturated rings. The van der Waals surface area contributed by atoms with Crippen LogP contribution in [-0.4, -0.2) is 39.3 Å². The first-order chi connectivity index (χ1) is 13.1. The second-order valence-electron chi connectivity index (χ2n) is 6.90. The van der Waals surface area contributed by atoms with Crippen LogP contribution in [0.3, 0.4) is 0 Å². The van der Waals surface area contributed by atoms with E-state index in [2.05, 4.69) is 15.4 Å². The number of rotatable bonds is 5. The van der Waals surface area contributed by atoms with Crippen LogP contribution in [0.15, 0.2) is 26.5 Å². The van der Waals surface area contributed by atoms with E-state index in [1.54, 1.807) is 11.3 Å². The van der Waals surface area contributed by atoms with Crippen LogP contribution in [0.25, 0.3) is 10.8 Å². The zero-order valence-corrected chi connectivity index (χ0v) is 16.3. The molecule has 0 aromatic carbocycles. The smallest absolute Gasteiger partial charge is 0.257 e. The van der Waals surface area contributed by atoms with Crippen molar-refractivity contribution < 1.29 is 13.7 Å². The first-order valence-corrected chi connectivity index (χ1v) is 10.1. The third kappa shape index (κ3) is 3.80. The number of carbonyl (C=O) groups excluding carboxylic acids is 1. The summed E-state index contributed by atoms with van der Waals surface area (Å²) in [6.07, 6.45) is 3.02. The van der Waals surface area contributed by atoms with E-state index >= 15 is 0 Å². The van der Waals surface area contributed by atoms with Gasteiger partial charge in [-0.1, -0.05) is 11.2 Å². The molecule has 1 aliphatic rings. The van der Waals surface area contributed by atoms with E-state index < -0.39 is 0 Å². The molecule has 0 aliphatic carbocycles. The van der Waals surface area contributed by atoms with E-state index in [1.807, 2.05) is 36.3 Å². The van der Waals surface area contributed by atoms with Crippen LogP contribution >= 0.6 is 11.3 Å². The van der Waals surface area contributed by atoms with E-state index in [-0.39, 0.29) is 11.8 Å². The van der Waals surface area contributed by atoms with Crippen molar-refractivity contribution in [2.24, 2.45) is 0 Å². The summed E-state index contributed by atoms with van der Waals surface area (Å²) in [7, 11) is 0. The minimum Gasteiger partial charge on any atom is -0.420 e. The number of likely N-dealkylation sites (tertiary alicyclic amines) is 1. The molecular weight excluding hydrogens is 364 g/mol. The Balaban J connectivity index is 1.38. The molecule has 1 aliphatic heterocycles. The number of carbonyl (C=O) groups is 1. The highest BCUT2D eigenvalue weighted by molar-refractivity contribution is 7.13. The van der Waals surface area contributed by atoms with Crippen LogP contribution in [0.4, 0.5) is 0 Å². The van der Waals surface area contributed by atoms with Crippen molar-refractivity contribution in [3.05, 3.63) is 40.4 Å². The molecule has 4 heterocycles. The molecule has 4 rings (SSSR count). The predicted octanol–water partition coefficient (Wildman–Crippen LogP) is 3.74. The standard InChI is InChI=1S/C19H22N4O3S/c1-12-15(13(2)26-22-12)7-8-17(24)23-9-3-5-14(11-23)18-20-21-19(25-18)16-6-4-10-27-16/h4,6,10,14H,3,5,7-9,11H2,1-2H3/t14-/m1/s1. The van der Waals surface area contributed by atoms with Gasteiger partial charge in [0.15, 0.2) is 0 Å². The van der Waals surface area contributed by atoms with Gasteiger partial charge in [-0.2, -0.15) is 0 Å². The molecule has 27 heavy (non-hydrogen) atoms. The summed E-state index contributed by atoms with van der Waals surface area (Å²) >= 11 is 1.58. The Bertz CT molecular complexity index is 896. The Labute approximate surface area is 161 Å². The average molecular weight is 386 g/mol. The Morgan fingerprint density at radius 1 is 1.37 bits per heavy atom. The van der Waals surface area contributed by atoms with Gasteiger partial charge in [-0.05, 0) is 44.6 Å². The van der Waals surface area contributed by atoms with Crippen molar-refractivity contribution in [3.8, 4) is 10.8 Å². The molecule has 1 amide bonds. The van der Waals surface area contributed by atoms with Gasteiger partial charge in [-0.25, -0.2) is 0 Å². The molecule has 0 spiro atoms. The summed E-state index contributed by atoms with van der Waals surface area (Å²) in [6.45, 7) is 5.21. The maximum atomic E-state index is 12.7. The lowest BCUT2D eigenvalue weighted by Gasteiger charge is -2.31. The largest absolute Gasteiger partial charge is 0.420 e. The lowest BCUT2D eigenvalue weighted by Crippen LogP contribution is -2.39. The average Bonchev–Trinajstić information content (AvgIpc) is 3.42. The lowest BCUT2D eigenvalue weighted by atomic mass is 9.97. The molecular formula is C19H22N4O3S. The van der Waals surface area contributed by atoms with Crippen molar-refractivity contribution in [1.82, 2.24) is 20.3 Å². The predicted molar refractivity (Wildman–Crippen MR) is 100 cm³/mol. The minimum absolute atomic E-state index is 0.1000. The first kappa shape index (κ1) is 17.9. The molecule has 142 valence electrons. The van der Waals surface area contributed by atoms with Gasteiger partial charge in [-0.15, -0.1) is 21.5 Å². The topological polar surface area (TPSA) is 85.3 Å². The van der Waals surface area contributed by atoms with E-state index in [1.165, 1.54) is 0 Å². The summed E-state index contributed by atoms with van der Waals surface area (Å²) < 4.78 is 11.1. The maximum Gasteiger partial charge on any atom is 0.257 e. The third-order valence-corrected chi connectivity index (χ3v) is 5.92. The number of aryl methyl sites for hydroxylation is 2. The van der Waals surface area contributed by atoms with Crippen molar-refractivity contribution >= 4 is 17.2 Å². The highest BCUT2D eigenvalue weighted by atomic mass is 32.1. The zero-order chi connectivity index (χ0) is 18.8. The third-order valence-electron chi connectivity index (χ3n) is 5.07. The Morgan fingerprint density at radius 3 is 3.00 bits per heavy atom. The lowest BCUT2D eigenvalue weighted by molar-refractivity contribution is -0.132. The van der Waals surface area contributed by atoms with E-state index in [0.717, 1.165) is 41.3 Å². The summed E-state index contributed by atoms with van der Waals surface area (Å²) in [4.78, 5) is 15.6. The molecule has 0 radical (unpaired) electrons. The fourth-order valence-corrected chi connectivity index (χ4v) is 4.20. The summed E-state index contributed by atoms with van der Waals surface area (Å²) in [6, 6.07) is 3.93. The molecule has 0 saturated carbocycles. The highest BCUT2D eigenvalue weighted by Gasteiger charge is 2.28. The highest BCUT2D eigenvalue weighted by Crippen LogP contribution is 2.30. The van der Waals surface area contributed by atoms with Crippen molar-refractivity contribution in [2.75, 3.05) is 13.1 Å². The summed E-state index contributed by atoms with van der Waals surface area (Å²) in [5.74, 6) is 2.23. The monoisotopic (exact) mass is 386 g/mol. The molecule has 7 nitrogen and oxygen atoms in total. The number of hydrogen-bond donors (Lipinski definition) is 0. The molecule has 3 aromatic heterocycles. The molecule has 1 saturated heterocycles. The Hall–Kier alpha value is -2.48. The van der Waals surface area contributed by atoms with Crippen LogP contribution in [-0.2, 0) is 11.2 Å². The van der Waals surface area contributed by atoms with Crippen LogP contribution < -0.4 is 0 Å². The number of hydrogen-bond acceptors (Lipinski definition) is 7. The fourth-order valence-electron chi connectivity index (χ4n) is 3.55. The van der Waals surface area contributed by atoms with Gasteiger partial charge in [-0.3, -0.25) is 4.79 Å². The quantitative estimate of drug-likeness (QED) is 0.664. The Morgan fingerprint density at radius 2 is 2.26 bits per heavy atom. The second kappa shape index (κ2) is 7.64. The van der Waals surface area contributed by atoms with Gasteiger partial charge >= 0.3 is 0 Å². The van der Waals surface area contributed by atoms with Gasteiger partial charge < -0.3 is 13.8 Å². The number of nitrogens with zero attached hydrogens (tertiary/aromatic N) is 4. The zero-order valence-electron chi connectivity index (χ0n) is 15.5. The molecule has 3 aromatic rings. The number of aromatic nitrogens is 3. The van der Waals surface area contributed by atoms with E-state index in [0.29, 0.717) is 31.2 Å². The van der Waals surface area contributed by atoms with Crippen molar-refractivity contribution in [2.45, 2.75) is 45.4 Å². The van der Waals surface area contributed by atoms with E-state index in [9.17, 15) is 4.79 Å². The second-order valence-corrected chi connectivity index (χ2v) is 7.85. The molecule has 8 heteroatoms. The minimum atomic E-state index is 0.1000. The Kier molecular flexibility index (Phi) is 5.07. The fraction of sp³-hybridized carbons (Fsp3) is 0.474. The van der Waals surface area contributed by atoms with Crippen LogP contribution in [0, 0.1) is 13.8 Å². The van der Waals surface area contributed by atoms with Crippen LogP contribution in [0.5, 0.6) is 0 Å². The summed E-state index contributed by atoms with van der Waals surface area (Å²) in [5, 5.41) is 14.3. The van der Waals surface area contributed by atoms with Gasteiger partial charge in [0.2, 0.25) is 11.8 Å². The number of piperidine rings is 1. The van der Waals surface area contributed by atoms with E-state index in [4.69, 9.17) is 8.94 Å². The van der Waals surface area contributed by atoms with Crippen LogP contribution in [0.2, 0.25) is 0 Å². The van der Waals surface area contributed by atoms with Crippen LogP contribution in [0.1, 0.15) is 48.1 Å². The maximum absolute atomic E-state index is 12.7. The first-order valence-electron chi connectivity index (χ1n) is 9.18. The van der Waals surface area contributed by atoms with Crippen molar-refractivity contribution in [3.63, 3.8) is 0 Å². The molecule has 0 bridgehead atoms. The molecule has 1 atom stereocenters. The van der Waals surface area contributed by atoms with Gasteiger partial charge in [0.05, 0.1) is 16.5 Å². The van der Waals surface area contributed by atoms with Gasteiger partial charge in [0.1, 0.15) is 5.76 Å². The summed E-state index contributed by atoms with van der Waals surface area (Å²) in [5.41, 5.74) is 1.90.